The van der Waals surface area contributed by atoms with Crippen LogP contribution in [0, 0.1) is 11.3 Å². The van der Waals surface area contributed by atoms with Crippen molar-refractivity contribution < 1.29 is 8.42 Å². The normalized spacial score (nSPS) is 10.7. The molecule has 0 radical (unpaired) electrons. The van der Waals surface area contributed by atoms with Gasteiger partial charge in [-0.15, -0.1) is 0 Å². The zero-order valence-corrected chi connectivity index (χ0v) is 10.9. The number of anilines is 1. The monoisotopic (exact) mass is 295 g/mol. The molecule has 0 spiro atoms. The molecule has 96 valence electrons. The summed E-state index contributed by atoms with van der Waals surface area (Å²) in [5, 5.41) is 8.89. The molecule has 19 heavy (non-hydrogen) atoms. The fourth-order valence-electron chi connectivity index (χ4n) is 1.28. The van der Waals surface area contributed by atoms with Crippen LogP contribution in [0.3, 0.4) is 0 Å². The highest BCUT2D eigenvalue weighted by molar-refractivity contribution is 7.92. The molecule has 1 N–H and O–H groups in total. The first-order valence-electron chi connectivity index (χ1n) is 4.88. The number of hydrogen-bond donors (Lipinski definition) is 1. The van der Waals surface area contributed by atoms with Crippen LogP contribution in [0.25, 0.3) is 0 Å². The first kappa shape index (κ1) is 13.2. The molecule has 2 rings (SSSR count). The molecule has 0 saturated heterocycles. The third kappa shape index (κ3) is 2.96. The molecular formula is C10H6ClN5O2S. The van der Waals surface area contributed by atoms with Crippen molar-refractivity contribution in [3.05, 3.63) is 41.6 Å². The number of sulfonamides is 1. The van der Waals surface area contributed by atoms with Gasteiger partial charge in [-0.1, -0.05) is 11.6 Å². The Hall–Kier alpha value is -2.24. The van der Waals surface area contributed by atoms with E-state index in [9.17, 15) is 8.42 Å². The highest BCUT2D eigenvalue weighted by atomic mass is 35.5. The molecule has 2 aromatic rings. The van der Waals surface area contributed by atoms with E-state index in [1.807, 2.05) is 0 Å². The van der Waals surface area contributed by atoms with Crippen LogP contribution in [0.1, 0.15) is 5.69 Å². The molecule has 0 aliphatic carbocycles. The number of halogens is 1. The Kier molecular flexibility index (Phi) is 3.59. The summed E-state index contributed by atoms with van der Waals surface area (Å²) >= 11 is 5.61. The Bertz CT molecular complexity index is 757. The van der Waals surface area contributed by atoms with E-state index in [1.54, 1.807) is 6.07 Å². The van der Waals surface area contributed by atoms with Crippen LogP contribution in [0.2, 0.25) is 5.15 Å². The second kappa shape index (κ2) is 5.17. The molecule has 0 bridgehead atoms. The lowest BCUT2D eigenvalue weighted by molar-refractivity contribution is 0.600. The van der Waals surface area contributed by atoms with Gasteiger partial charge in [-0.05, 0) is 12.1 Å². The molecule has 7 nitrogen and oxygen atoms in total. The summed E-state index contributed by atoms with van der Waals surface area (Å²) in [4.78, 5) is 10.9. The molecule has 0 fully saturated rings. The van der Waals surface area contributed by atoms with Gasteiger partial charge in [0.2, 0.25) is 0 Å². The Morgan fingerprint density at radius 1 is 1.37 bits per heavy atom. The van der Waals surface area contributed by atoms with Crippen molar-refractivity contribution in [2.24, 2.45) is 0 Å². The topological polar surface area (TPSA) is 109 Å². The van der Waals surface area contributed by atoms with Gasteiger partial charge in [0.25, 0.3) is 10.0 Å². The van der Waals surface area contributed by atoms with E-state index in [0.29, 0.717) is 0 Å². The molecule has 0 amide bonds. The molecule has 0 aromatic carbocycles. The van der Waals surface area contributed by atoms with Crippen LogP contribution in [-0.4, -0.2) is 23.4 Å². The Labute approximate surface area is 114 Å². The van der Waals surface area contributed by atoms with Crippen molar-refractivity contribution in [1.29, 1.82) is 5.26 Å². The number of pyridine rings is 1. The first-order valence-corrected chi connectivity index (χ1v) is 6.74. The van der Waals surface area contributed by atoms with Crippen LogP contribution in [0.5, 0.6) is 0 Å². The van der Waals surface area contributed by atoms with Crippen LogP contribution in [0.15, 0.2) is 35.6 Å². The third-order valence-corrected chi connectivity index (χ3v) is 3.58. The lowest BCUT2D eigenvalue weighted by Crippen LogP contribution is -2.16. The number of nitriles is 1. The van der Waals surface area contributed by atoms with E-state index in [4.69, 9.17) is 16.9 Å². The van der Waals surface area contributed by atoms with E-state index < -0.39 is 10.0 Å². The average Bonchev–Trinajstić information content (AvgIpc) is 2.38. The lowest BCUT2D eigenvalue weighted by Gasteiger charge is -2.07. The van der Waals surface area contributed by atoms with Crippen LogP contribution in [0.4, 0.5) is 5.82 Å². The zero-order chi connectivity index (χ0) is 13.9. The summed E-state index contributed by atoms with van der Waals surface area (Å²) in [6.07, 6.45) is 3.80. The van der Waals surface area contributed by atoms with E-state index in [0.717, 1.165) is 0 Å². The number of hydrogen-bond acceptors (Lipinski definition) is 6. The summed E-state index contributed by atoms with van der Waals surface area (Å²) in [6.45, 7) is 0. The number of nitrogens with one attached hydrogen (secondary N) is 1. The molecule has 0 saturated carbocycles. The zero-order valence-electron chi connectivity index (χ0n) is 9.28. The molecule has 0 unspecified atom stereocenters. The van der Waals surface area contributed by atoms with Gasteiger partial charge in [-0.2, -0.15) is 5.26 Å². The van der Waals surface area contributed by atoms with E-state index in [1.165, 1.54) is 30.7 Å². The predicted octanol–water partition coefficient (Wildman–Crippen LogP) is 1.20. The van der Waals surface area contributed by atoms with Crippen LogP contribution in [-0.2, 0) is 10.0 Å². The molecule has 2 aromatic heterocycles. The summed E-state index contributed by atoms with van der Waals surface area (Å²) in [7, 11) is -3.97. The SMILES string of the molecule is N#Cc1ncccc1S(=O)(=O)Nc1cncc(Cl)n1. The minimum absolute atomic E-state index is 0.0414. The molecule has 0 atom stereocenters. The van der Waals surface area contributed by atoms with Gasteiger partial charge in [0.05, 0.1) is 12.4 Å². The second-order valence-electron chi connectivity index (χ2n) is 3.29. The minimum Gasteiger partial charge on any atom is -0.262 e. The average molecular weight is 296 g/mol. The fourth-order valence-corrected chi connectivity index (χ4v) is 2.52. The maximum Gasteiger partial charge on any atom is 0.265 e. The number of aromatic nitrogens is 3. The number of rotatable bonds is 3. The van der Waals surface area contributed by atoms with Gasteiger partial charge in [0, 0.05) is 6.20 Å². The fraction of sp³-hybridized carbons (Fsp3) is 0. The van der Waals surface area contributed by atoms with Crippen molar-refractivity contribution in [2.75, 3.05) is 4.72 Å². The van der Waals surface area contributed by atoms with E-state index in [2.05, 4.69) is 19.7 Å². The maximum absolute atomic E-state index is 12.1. The van der Waals surface area contributed by atoms with E-state index >= 15 is 0 Å². The quantitative estimate of drug-likeness (QED) is 0.911. The van der Waals surface area contributed by atoms with Gasteiger partial charge in [-0.25, -0.2) is 18.4 Å². The first-order chi connectivity index (χ1) is 9.03. The van der Waals surface area contributed by atoms with Gasteiger partial charge >= 0.3 is 0 Å². The smallest absolute Gasteiger partial charge is 0.262 e. The minimum atomic E-state index is -3.97. The molecule has 0 aliphatic rings. The van der Waals surface area contributed by atoms with Crippen molar-refractivity contribution in [2.45, 2.75) is 4.90 Å². The van der Waals surface area contributed by atoms with Crippen LogP contribution >= 0.6 is 11.6 Å². The van der Waals surface area contributed by atoms with Gasteiger partial charge in [0.15, 0.2) is 11.5 Å². The Morgan fingerprint density at radius 3 is 2.84 bits per heavy atom. The molecule has 2 heterocycles. The number of nitrogens with zero attached hydrogens (tertiary/aromatic N) is 4. The summed E-state index contributed by atoms with van der Waals surface area (Å²) in [5.41, 5.74) is -0.204. The molecular weight excluding hydrogens is 290 g/mol. The summed E-state index contributed by atoms with van der Waals surface area (Å²) in [6, 6.07) is 4.39. The molecule has 9 heteroatoms. The maximum atomic E-state index is 12.1. The van der Waals surface area contributed by atoms with Crippen molar-refractivity contribution >= 4 is 27.4 Å². The van der Waals surface area contributed by atoms with Crippen LogP contribution < -0.4 is 4.72 Å². The Balaban J connectivity index is 2.41. The highest BCUT2D eigenvalue weighted by Gasteiger charge is 2.20. The predicted molar refractivity (Wildman–Crippen MR) is 66.8 cm³/mol. The van der Waals surface area contributed by atoms with Gasteiger partial charge < -0.3 is 0 Å². The van der Waals surface area contributed by atoms with Gasteiger partial charge in [-0.3, -0.25) is 9.71 Å². The van der Waals surface area contributed by atoms with Crippen molar-refractivity contribution in [1.82, 2.24) is 15.0 Å². The van der Waals surface area contributed by atoms with Gasteiger partial charge in [0.1, 0.15) is 16.1 Å². The summed E-state index contributed by atoms with van der Waals surface area (Å²) < 4.78 is 26.3. The lowest BCUT2D eigenvalue weighted by atomic mass is 10.4. The van der Waals surface area contributed by atoms with Crippen molar-refractivity contribution in [3.63, 3.8) is 0 Å². The second-order valence-corrected chi connectivity index (χ2v) is 5.33. The molecule has 0 aliphatic heterocycles. The van der Waals surface area contributed by atoms with E-state index in [-0.39, 0.29) is 21.6 Å². The Morgan fingerprint density at radius 2 is 2.16 bits per heavy atom. The standard InChI is InChI=1S/C10H6ClN5O2S/c11-9-5-13-6-10(15-9)16-19(17,18)8-2-1-3-14-7(8)4-12/h1-3,5-6H,(H,15,16). The summed E-state index contributed by atoms with van der Waals surface area (Å²) in [5.74, 6) is -0.0414. The highest BCUT2D eigenvalue weighted by Crippen LogP contribution is 2.16. The van der Waals surface area contributed by atoms with Crippen molar-refractivity contribution in [3.8, 4) is 6.07 Å². The largest absolute Gasteiger partial charge is 0.265 e. The third-order valence-electron chi connectivity index (χ3n) is 2.01.